The molecule has 10 nitrogen and oxygen atoms in total. The van der Waals surface area contributed by atoms with Crippen molar-refractivity contribution in [1.82, 2.24) is 5.32 Å². The molecule has 0 fully saturated rings. The molecule has 1 atom stereocenters. The molecule has 1 aromatic carbocycles. The number of ether oxygens (including phenoxy) is 4. The second-order valence-corrected chi connectivity index (χ2v) is 11.5. The molecule has 0 amide bonds. The van der Waals surface area contributed by atoms with Gasteiger partial charge in [0.15, 0.2) is 11.5 Å². The molecule has 0 saturated carbocycles. The van der Waals surface area contributed by atoms with Crippen molar-refractivity contribution in [2.24, 2.45) is 5.41 Å². The summed E-state index contributed by atoms with van der Waals surface area (Å²) in [4.78, 5) is 49.9. The number of carboxylic acids is 1. The Hall–Kier alpha value is -3.14. The van der Waals surface area contributed by atoms with E-state index < -0.39 is 29.8 Å². The van der Waals surface area contributed by atoms with Gasteiger partial charge in [0, 0.05) is 25.3 Å². The third-order valence-electron chi connectivity index (χ3n) is 5.63. The van der Waals surface area contributed by atoms with Crippen molar-refractivity contribution in [2.75, 3.05) is 6.61 Å². The minimum atomic E-state index is -2.18. The van der Waals surface area contributed by atoms with Crippen LogP contribution in [0, 0.1) is 5.41 Å². The lowest BCUT2D eigenvalue weighted by Crippen LogP contribution is -2.59. The van der Waals surface area contributed by atoms with Gasteiger partial charge in [-0.05, 0) is 49.8 Å². The van der Waals surface area contributed by atoms with E-state index in [0.29, 0.717) is 18.4 Å². The van der Waals surface area contributed by atoms with Crippen molar-refractivity contribution in [1.29, 1.82) is 0 Å². The number of hydrogen-bond donors (Lipinski definition) is 2. The first-order chi connectivity index (χ1) is 18.7. The van der Waals surface area contributed by atoms with Crippen LogP contribution in [0.25, 0.3) is 0 Å². The van der Waals surface area contributed by atoms with E-state index in [-0.39, 0.29) is 48.8 Å². The Labute approximate surface area is 238 Å². The second-order valence-electron chi connectivity index (χ2n) is 11.5. The highest BCUT2D eigenvalue weighted by atomic mass is 16.7. The molecule has 2 N–H and O–H groups in total. The van der Waals surface area contributed by atoms with E-state index in [2.05, 4.69) is 5.32 Å². The Kier molecular flexibility index (Phi) is 14.7. The Morgan fingerprint density at radius 2 is 1.43 bits per heavy atom. The van der Waals surface area contributed by atoms with Gasteiger partial charge in [-0.2, -0.15) is 0 Å². The summed E-state index contributed by atoms with van der Waals surface area (Å²) >= 11 is 0. The van der Waals surface area contributed by atoms with Crippen LogP contribution in [0.3, 0.4) is 0 Å². The van der Waals surface area contributed by atoms with Gasteiger partial charge in [-0.3, -0.25) is 14.9 Å². The summed E-state index contributed by atoms with van der Waals surface area (Å²) in [5.74, 6) is -2.35. The summed E-state index contributed by atoms with van der Waals surface area (Å²) in [5, 5.41) is 13.0. The van der Waals surface area contributed by atoms with E-state index in [1.54, 1.807) is 13.8 Å². The van der Waals surface area contributed by atoms with Crippen LogP contribution in [0.15, 0.2) is 18.2 Å². The number of carboxylic acid groups (broad SMARTS) is 1. The average molecular weight is 566 g/mol. The summed E-state index contributed by atoms with van der Waals surface area (Å²) in [5.41, 5.74) is -2.17. The Morgan fingerprint density at radius 1 is 0.875 bits per heavy atom. The molecule has 1 rings (SSSR count). The van der Waals surface area contributed by atoms with Crippen LogP contribution in [-0.4, -0.2) is 47.5 Å². The van der Waals surface area contributed by atoms with Crippen LogP contribution >= 0.6 is 0 Å². The minimum absolute atomic E-state index is 0.0121. The fourth-order valence-corrected chi connectivity index (χ4v) is 3.71. The molecule has 0 aliphatic rings. The van der Waals surface area contributed by atoms with Gasteiger partial charge in [-0.25, -0.2) is 9.59 Å². The zero-order valence-electron chi connectivity index (χ0n) is 25.1. The molecule has 0 heterocycles. The summed E-state index contributed by atoms with van der Waals surface area (Å²) in [6.45, 7) is 13.1. The molecule has 0 aromatic heterocycles. The molecule has 0 unspecified atom stereocenters. The summed E-state index contributed by atoms with van der Waals surface area (Å²) in [6.07, 6.45) is 3.87. The van der Waals surface area contributed by atoms with Crippen LogP contribution in [0.2, 0.25) is 0 Å². The van der Waals surface area contributed by atoms with E-state index >= 15 is 0 Å². The van der Waals surface area contributed by atoms with E-state index in [4.69, 9.17) is 18.9 Å². The lowest BCUT2D eigenvalue weighted by molar-refractivity contribution is -0.167. The molecule has 40 heavy (non-hydrogen) atoms. The molecular weight excluding hydrogens is 518 g/mol. The highest BCUT2D eigenvalue weighted by Crippen LogP contribution is 2.32. The summed E-state index contributed by atoms with van der Waals surface area (Å²) < 4.78 is 21.6. The SMILES string of the molecule is CCCCCC(=O)Oc1ccc(C[C@](NC(C)C)(OC(=O)OCC(C)(C)C)C(=O)O)cc1OC(=O)CCCCC. The van der Waals surface area contributed by atoms with Gasteiger partial charge < -0.3 is 24.1 Å². The number of hydrogen-bond acceptors (Lipinski definition) is 9. The molecule has 0 spiro atoms. The molecule has 226 valence electrons. The number of benzene rings is 1. The molecule has 0 aliphatic heterocycles. The maximum absolute atomic E-state index is 12.5. The van der Waals surface area contributed by atoms with Crippen molar-refractivity contribution in [2.45, 2.75) is 118 Å². The third-order valence-corrected chi connectivity index (χ3v) is 5.63. The Bertz CT molecular complexity index is 984. The maximum Gasteiger partial charge on any atom is 0.510 e. The quantitative estimate of drug-likeness (QED) is 0.0974. The second kappa shape index (κ2) is 16.8. The maximum atomic E-state index is 12.5. The van der Waals surface area contributed by atoms with Crippen molar-refractivity contribution >= 4 is 24.1 Å². The van der Waals surface area contributed by atoms with Gasteiger partial charge in [-0.15, -0.1) is 0 Å². The summed E-state index contributed by atoms with van der Waals surface area (Å²) in [7, 11) is 0. The van der Waals surface area contributed by atoms with E-state index in [0.717, 1.165) is 25.7 Å². The van der Waals surface area contributed by atoms with Gasteiger partial charge in [-0.1, -0.05) is 66.4 Å². The molecule has 0 bridgehead atoms. The molecule has 0 radical (unpaired) electrons. The molecule has 0 saturated heterocycles. The monoisotopic (exact) mass is 565 g/mol. The van der Waals surface area contributed by atoms with Crippen LogP contribution in [0.5, 0.6) is 11.5 Å². The lowest BCUT2D eigenvalue weighted by atomic mass is 9.99. The number of carbonyl (C=O) groups is 4. The van der Waals surface area contributed by atoms with Crippen molar-refractivity contribution in [3.8, 4) is 11.5 Å². The Morgan fingerprint density at radius 3 is 1.90 bits per heavy atom. The number of carbonyl (C=O) groups excluding carboxylic acids is 3. The van der Waals surface area contributed by atoms with E-state index in [1.807, 2.05) is 34.6 Å². The average Bonchev–Trinajstić information content (AvgIpc) is 2.83. The number of aliphatic carboxylic acids is 1. The fraction of sp³-hybridized carbons (Fsp3) is 0.667. The first kappa shape index (κ1) is 34.9. The third kappa shape index (κ3) is 13.3. The van der Waals surface area contributed by atoms with Crippen molar-refractivity contribution < 1.29 is 43.2 Å². The van der Waals surface area contributed by atoms with E-state index in [1.165, 1.54) is 18.2 Å². The largest absolute Gasteiger partial charge is 0.510 e. The van der Waals surface area contributed by atoms with Gasteiger partial charge >= 0.3 is 24.1 Å². The van der Waals surface area contributed by atoms with Gasteiger partial charge in [0.2, 0.25) is 0 Å². The van der Waals surface area contributed by atoms with E-state index in [9.17, 15) is 24.3 Å². The number of nitrogens with one attached hydrogen (secondary N) is 1. The standard InChI is InChI=1S/C30H47NO9/c1-8-10-12-14-25(32)38-23-17-16-22(18-24(23)39-26(33)15-13-11-9-2)19-30(27(34)35,31-21(3)4)40-28(36)37-20-29(5,6)7/h16-18,21,31H,8-15,19-20H2,1-7H3,(H,34,35)/t30-/m0/s1. The lowest BCUT2D eigenvalue weighted by Gasteiger charge is -2.32. The Balaban J connectivity index is 3.33. The first-order valence-electron chi connectivity index (χ1n) is 14.1. The van der Waals surface area contributed by atoms with Crippen molar-refractivity contribution in [3.05, 3.63) is 23.8 Å². The molecule has 1 aromatic rings. The normalized spacial score (nSPS) is 12.9. The van der Waals surface area contributed by atoms with Crippen LogP contribution < -0.4 is 14.8 Å². The summed E-state index contributed by atoms with van der Waals surface area (Å²) in [6, 6.07) is 4.02. The number of unbranched alkanes of at least 4 members (excludes halogenated alkanes) is 4. The topological polar surface area (TPSA) is 137 Å². The highest BCUT2D eigenvalue weighted by Gasteiger charge is 2.44. The zero-order valence-corrected chi connectivity index (χ0v) is 25.1. The predicted octanol–water partition coefficient (Wildman–Crippen LogP) is 6.18. The molecular formula is C30H47NO9. The molecule has 10 heteroatoms. The van der Waals surface area contributed by atoms with Gasteiger partial charge in [0.05, 0.1) is 6.61 Å². The van der Waals surface area contributed by atoms with Crippen LogP contribution in [0.1, 0.15) is 105 Å². The van der Waals surface area contributed by atoms with Gasteiger partial charge in [0.1, 0.15) is 0 Å². The fourth-order valence-electron chi connectivity index (χ4n) is 3.71. The molecule has 0 aliphatic carbocycles. The number of esters is 2. The van der Waals surface area contributed by atoms with Gasteiger partial charge in [0.25, 0.3) is 5.72 Å². The van der Waals surface area contributed by atoms with Crippen LogP contribution in [0.4, 0.5) is 4.79 Å². The highest BCUT2D eigenvalue weighted by molar-refractivity contribution is 5.81. The smallest absolute Gasteiger partial charge is 0.477 e. The zero-order chi connectivity index (χ0) is 30.3. The predicted molar refractivity (Wildman–Crippen MR) is 150 cm³/mol. The first-order valence-corrected chi connectivity index (χ1v) is 14.1. The van der Waals surface area contributed by atoms with Crippen LogP contribution in [-0.2, 0) is 30.3 Å². The minimum Gasteiger partial charge on any atom is -0.477 e. The number of rotatable bonds is 17. The van der Waals surface area contributed by atoms with Crippen molar-refractivity contribution in [3.63, 3.8) is 0 Å².